The Morgan fingerprint density at radius 3 is 2.73 bits per heavy atom. The van der Waals surface area contributed by atoms with Gasteiger partial charge < -0.3 is 15.2 Å². The summed E-state index contributed by atoms with van der Waals surface area (Å²) < 4.78 is 0. The highest BCUT2D eigenvalue weighted by atomic mass is 16.2. The van der Waals surface area contributed by atoms with Gasteiger partial charge in [-0.2, -0.15) is 5.26 Å². The highest BCUT2D eigenvalue weighted by Gasteiger charge is 2.26. The Bertz CT molecular complexity index is 1000. The number of nitrogens with zero attached hydrogens (tertiary/aromatic N) is 2. The molecule has 0 atom stereocenters. The summed E-state index contributed by atoms with van der Waals surface area (Å²) in [5, 5.41) is 11.9. The summed E-state index contributed by atoms with van der Waals surface area (Å²) in [7, 11) is 0. The van der Waals surface area contributed by atoms with Crippen molar-refractivity contribution in [2.75, 3.05) is 16.8 Å². The van der Waals surface area contributed by atoms with E-state index in [2.05, 4.69) is 10.3 Å². The zero-order valence-corrected chi connectivity index (χ0v) is 14.5. The van der Waals surface area contributed by atoms with Crippen LogP contribution in [-0.4, -0.2) is 23.3 Å². The molecule has 132 valence electrons. The fourth-order valence-corrected chi connectivity index (χ4v) is 3.24. The number of aryl methyl sites for hydroxylation is 1. The second-order valence-electron chi connectivity index (χ2n) is 6.21. The number of para-hydroxylation sites is 2. The van der Waals surface area contributed by atoms with E-state index in [1.54, 1.807) is 32.0 Å². The maximum atomic E-state index is 12.7. The van der Waals surface area contributed by atoms with Gasteiger partial charge >= 0.3 is 0 Å². The first kappa shape index (κ1) is 17.4. The van der Waals surface area contributed by atoms with Crippen molar-refractivity contribution in [2.45, 2.75) is 26.7 Å². The van der Waals surface area contributed by atoms with E-state index in [-0.39, 0.29) is 30.3 Å². The first-order valence-electron chi connectivity index (χ1n) is 8.24. The Kier molecular flexibility index (Phi) is 4.59. The minimum Gasteiger partial charge on any atom is -0.325 e. The summed E-state index contributed by atoms with van der Waals surface area (Å²) in [4.78, 5) is 40.5. The summed E-state index contributed by atoms with van der Waals surface area (Å²) in [6.45, 7) is 3.44. The Morgan fingerprint density at radius 1 is 1.27 bits per heavy atom. The molecule has 26 heavy (non-hydrogen) atoms. The van der Waals surface area contributed by atoms with Crippen LogP contribution >= 0.6 is 0 Å². The number of carbonyl (C=O) groups is 2. The van der Waals surface area contributed by atoms with Crippen molar-refractivity contribution in [3.8, 4) is 6.07 Å². The van der Waals surface area contributed by atoms with Crippen LogP contribution in [0.5, 0.6) is 0 Å². The van der Waals surface area contributed by atoms with Crippen LogP contribution in [0.25, 0.3) is 0 Å². The second-order valence-corrected chi connectivity index (χ2v) is 6.21. The predicted octanol–water partition coefficient (Wildman–Crippen LogP) is 1.78. The molecule has 1 aromatic carbocycles. The molecule has 2 aromatic rings. The van der Waals surface area contributed by atoms with Crippen LogP contribution in [0, 0.1) is 25.2 Å². The number of aromatic amines is 1. The molecule has 7 nitrogen and oxygen atoms in total. The minimum atomic E-state index is -0.417. The lowest BCUT2D eigenvalue weighted by atomic mass is 9.98. The normalized spacial score (nSPS) is 13.0. The van der Waals surface area contributed by atoms with E-state index >= 15 is 0 Å². The molecule has 2 N–H and O–H groups in total. The molecule has 2 amide bonds. The van der Waals surface area contributed by atoms with Gasteiger partial charge in [0.25, 0.3) is 5.56 Å². The second kappa shape index (κ2) is 6.84. The molecule has 0 radical (unpaired) electrons. The van der Waals surface area contributed by atoms with Crippen LogP contribution in [0.15, 0.2) is 29.1 Å². The Balaban J connectivity index is 1.84. The number of nitrogens with one attached hydrogen (secondary N) is 2. The van der Waals surface area contributed by atoms with Gasteiger partial charge in [0.1, 0.15) is 18.2 Å². The molecule has 1 aliphatic heterocycles. The van der Waals surface area contributed by atoms with Crippen molar-refractivity contribution in [2.24, 2.45) is 0 Å². The van der Waals surface area contributed by atoms with Crippen LogP contribution in [0.1, 0.15) is 28.8 Å². The van der Waals surface area contributed by atoms with Crippen molar-refractivity contribution in [1.82, 2.24) is 4.98 Å². The number of carbonyl (C=O) groups excluding carboxylic acids is 2. The average Bonchev–Trinajstić information content (AvgIpc) is 2.60. The van der Waals surface area contributed by atoms with Crippen molar-refractivity contribution in [3.05, 3.63) is 57.0 Å². The zero-order chi connectivity index (χ0) is 18.8. The maximum absolute atomic E-state index is 12.7. The minimum absolute atomic E-state index is 0.0249. The van der Waals surface area contributed by atoms with E-state index in [4.69, 9.17) is 5.26 Å². The highest BCUT2D eigenvalue weighted by Crippen LogP contribution is 2.29. The molecule has 0 spiro atoms. The Morgan fingerprint density at radius 2 is 2.00 bits per heavy atom. The molecular weight excluding hydrogens is 332 g/mol. The number of nitriles is 1. The molecule has 2 heterocycles. The first-order valence-corrected chi connectivity index (χ1v) is 8.24. The number of rotatable bonds is 3. The van der Waals surface area contributed by atoms with Gasteiger partial charge in [0.15, 0.2) is 0 Å². The van der Waals surface area contributed by atoms with Gasteiger partial charge in [-0.15, -0.1) is 0 Å². The van der Waals surface area contributed by atoms with Crippen LogP contribution in [0.2, 0.25) is 0 Å². The molecule has 0 saturated heterocycles. The van der Waals surface area contributed by atoms with E-state index in [9.17, 15) is 14.4 Å². The molecule has 1 aromatic heterocycles. The first-order chi connectivity index (χ1) is 12.4. The van der Waals surface area contributed by atoms with Crippen molar-refractivity contribution in [1.29, 1.82) is 5.26 Å². The number of benzene rings is 1. The molecule has 0 saturated carbocycles. The monoisotopic (exact) mass is 350 g/mol. The summed E-state index contributed by atoms with van der Waals surface area (Å²) in [6, 6.07) is 9.06. The number of hydrogen-bond donors (Lipinski definition) is 2. The number of fused-ring (bicyclic) bond motifs is 1. The lowest BCUT2D eigenvalue weighted by Gasteiger charge is -2.29. The number of aromatic nitrogens is 1. The van der Waals surface area contributed by atoms with Gasteiger partial charge in [0, 0.05) is 12.1 Å². The molecule has 0 unspecified atom stereocenters. The van der Waals surface area contributed by atoms with E-state index in [0.717, 1.165) is 5.56 Å². The third kappa shape index (κ3) is 3.09. The van der Waals surface area contributed by atoms with Gasteiger partial charge in [-0.05, 0) is 43.5 Å². The summed E-state index contributed by atoms with van der Waals surface area (Å²) >= 11 is 0. The van der Waals surface area contributed by atoms with Crippen LogP contribution < -0.4 is 15.8 Å². The molecule has 0 aliphatic carbocycles. The van der Waals surface area contributed by atoms with Crippen LogP contribution in [0.3, 0.4) is 0 Å². The van der Waals surface area contributed by atoms with E-state index < -0.39 is 5.56 Å². The molecule has 0 fully saturated rings. The predicted molar refractivity (Wildman–Crippen MR) is 97.0 cm³/mol. The summed E-state index contributed by atoms with van der Waals surface area (Å²) in [5.74, 6) is -0.420. The third-order valence-corrected chi connectivity index (χ3v) is 4.58. The maximum Gasteiger partial charge on any atom is 0.266 e. The van der Waals surface area contributed by atoms with E-state index in [1.165, 1.54) is 4.90 Å². The standard InChI is InChI=1S/C19H18N4O3/c1-11-13(12(2)21-19(26)14(11)9-20)7-8-18(25)23-10-17(24)22-15-5-3-4-6-16(15)23/h3-6H,7-8,10H2,1-2H3,(H,21,26)(H,22,24). The molecule has 0 bridgehead atoms. The highest BCUT2D eigenvalue weighted by molar-refractivity contribution is 6.09. The Hall–Kier alpha value is -3.40. The summed E-state index contributed by atoms with van der Waals surface area (Å²) in [5.41, 5.74) is 2.96. The zero-order valence-electron chi connectivity index (χ0n) is 14.5. The lowest BCUT2D eigenvalue weighted by molar-refractivity contribution is -0.121. The average molecular weight is 350 g/mol. The third-order valence-electron chi connectivity index (χ3n) is 4.58. The van der Waals surface area contributed by atoms with Gasteiger partial charge in [0.2, 0.25) is 11.8 Å². The van der Waals surface area contributed by atoms with Gasteiger partial charge in [0.05, 0.1) is 11.4 Å². The fraction of sp³-hybridized carbons (Fsp3) is 0.263. The SMILES string of the molecule is Cc1[nH]c(=O)c(C#N)c(C)c1CCC(=O)N1CC(=O)Nc2ccccc21. The number of amides is 2. The van der Waals surface area contributed by atoms with Gasteiger partial charge in [-0.1, -0.05) is 12.1 Å². The van der Waals surface area contributed by atoms with Crippen LogP contribution in [0.4, 0.5) is 11.4 Å². The molecular formula is C19H18N4O3. The largest absolute Gasteiger partial charge is 0.325 e. The van der Waals surface area contributed by atoms with Gasteiger partial charge in [-0.25, -0.2) is 0 Å². The summed E-state index contributed by atoms with van der Waals surface area (Å²) in [6.07, 6.45) is 0.544. The van der Waals surface area contributed by atoms with E-state index in [1.807, 2.05) is 12.1 Å². The number of anilines is 2. The van der Waals surface area contributed by atoms with Crippen molar-refractivity contribution >= 4 is 23.2 Å². The van der Waals surface area contributed by atoms with Crippen molar-refractivity contribution < 1.29 is 9.59 Å². The quantitative estimate of drug-likeness (QED) is 0.880. The molecule has 1 aliphatic rings. The van der Waals surface area contributed by atoms with Crippen molar-refractivity contribution in [3.63, 3.8) is 0 Å². The van der Waals surface area contributed by atoms with Crippen LogP contribution in [-0.2, 0) is 16.0 Å². The number of H-pyrrole nitrogens is 1. The van der Waals surface area contributed by atoms with Gasteiger partial charge in [-0.3, -0.25) is 14.4 Å². The van der Waals surface area contributed by atoms with E-state index in [0.29, 0.717) is 29.1 Å². The molecule has 7 heteroatoms. The molecule has 3 rings (SSSR count). The fourth-order valence-electron chi connectivity index (χ4n) is 3.24. The number of hydrogen-bond acceptors (Lipinski definition) is 4. The topological polar surface area (TPSA) is 106 Å². The lowest BCUT2D eigenvalue weighted by Crippen LogP contribution is -2.42. The Labute approximate surface area is 150 Å². The smallest absolute Gasteiger partial charge is 0.266 e. The number of pyridine rings is 1.